The van der Waals surface area contributed by atoms with Gasteiger partial charge in [0.15, 0.2) is 0 Å². The Labute approximate surface area is 170 Å². The van der Waals surface area contributed by atoms with E-state index in [2.05, 4.69) is 4.72 Å². The Morgan fingerprint density at radius 3 is 2.59 bits per heavy atom. The summed E-state index contributed by atoms with van der Waals surface area (Å²) in [4.78, 5) is 25.4. The number of amides is 1. The van der Waals surface area contributed by atoms with E-state index in [9.17, 15) is 18.0 Å². The van der Waals surface area contributed by atoms with Crippen molar-refractivity contribution in [3.63, 3.8) is 0 Å². The van der Waals surface area contributed by atoms with Crippen LogP contribution in [0.5, 0.6) is 0 Å². The second kappa shape index (κ2) is 8.24. The number of anilines is 2. The highest BCUT2D eigenvalue weighted by Gasteiger charge is 2.23. The molecular formula is C21H24N2O5S. The average molecular weight is 416 g/mol. The smallest absolute Gasteiger partial charge is 0.338 e. The van der Waals surface area contributed by atoms with E-state index in [4.69, 9.17) is 4.74 Å². The molecule has 0 bridgehead atoms. The van der Waals surface area contributed by atoms with Crippen LogP contribution >= 0.6 is 0 Å². The Kier molecular flexibility index (Phi) is 5.93. The number of esters is 1. The summed E-state index contributed by atoms with van der Waals surface area (Å²) in [5, 5.41) is 0. The number of fused-ring (bicyclic) bond motifs is 1. The molecule has 7 nitrogen and oxygen atoms in total. The maximum atomic E-state index is 12.9. The number of benzene rings is 2. The number of hydrogen-bond donors (Lipinski definition) is 1. The van der Waals surface area contributed by atoms with E-state index in [0.29, 0.717) is 23.4 Å². The minimum absolute atomic E-state index is 0.0583. The lowest BCUT2D eigenvalue weighted by Gasteiger charge is -2.28. The number of rotatable bonds is 5. The van der Waals surface area contributed by atoms with Gasteiger partial charge in [-0.3, -0.25) is 9.52 Å². The van der Waals surface area contributed by atoms with Crippen LogP contribution in [-0.2, 0) is 26.0 Å². The number of sulfonamides is 1. The Morgan fingerprint density at radius 2 is 1.93 bits per heavy atom. The largest absolute Gasteiger partial charge is 0.462 e. The molecular weight excluding hydrogens is 392 g/mol. The number of nitrogens with zero attached hydrogens (tertiary/aromatic N) is 1. The third kappa shape index (κ3) is 4.42. The number of aryl methyl sites for hydroxylation is 2. The Bertz CT molecular complexity index is 1060. The molecule has 0 aromatic heterocycles. The third-order valence-corrected chi connectivity index (χ3v) is 6.21. The lowest BCUT2D eigenvalue weighted by atomic mass is 10.0. The van der Waals surface area contributed by atoms with E-state index in [1.807, 2.05) is 0 Å². The normalized spacial score (nSPS) is 13.6. The number of ether oxygens (including phenoxy) is 1. The standard InChI is InChI=1S/C21H24N2O5S/c1-4-28-21(25)17-7-9-19(14(2)12-17)22-29(26,27)18-8-10-20-16(13-18)6-5-11-23(20)15(3)24/h7-10,12-13,22H,4-6,11H2,1-3H3. The van der Waals surface area contributed by atoms with Gasteiger partial charge in [-0.1, -0.05) is 0 Å². The molecule has 154 valence electrons. The highest BCUT2D eigenvalue weighted by molar-refractivity contribution is 7.92. The van der Waals surface area contributed by atoms with E-state index in [1.165, 1.54) is 19.1 Å². The molecule has 3 rings (SSSR count). The summed E-state index contributed by atoms with van der Waals surface area (Å²) in [7, 11) is -3.82. The first-order valence-electron chi connectivity index (χ1n) is 9.44. The predicted octanol–water partition coefficient (Wildman–Crippen LogP) is 3.27. The maximum absolute atomic E-state index is 12.9. The summed E-state index contributed by atoms with van der Waals surface area (Å²) in [6, 6.07) is 9.48. The van der Waals surface area contributed by atoms with Crippen LogP contribution in [-0.4, -0.2) is 33.4 Å². The lowest BCUT2D eigenvalue weighted by Crippen LogP contribution is -2.33. The van der Waals surface area contributed by atoms with Gasteiger partial charge in [0, 0.05) is 19.2 Å². The monoisotopic (exact) mass is 416 g/mol. The summed E-state index contributed by atoms with van der Waals surface area (Å²) in [6.07, 6.45) is 1.51. The molecule has 1 N–H and O–H groups in total. The molecule has 8 heteroatoms. The molecule has 0 saturated heterocycles. The van der Waals surface area contributed by atoms with Crippen molar-refractivity contribution in [1.29, 1.82) is 0 Å². The van der Waals surface area contributed by atoms with E-state index in [-0.39, 0.29) is 17.4 Å². The predicted molar refractivity (Wildman–Crippen MR) is 111 cm³/mol. The van der Waals surface area contributed by atoms with Gasteiger partial charge in [-0.05, 0) is 74.2 Å². The van der Waals surface area contributed by atoms with Gasteiger partial charge >= 0.3 is 5.97 Å². The summed E-state index contributed by atoms with van der Waals surface area (Å²) < 4.78 is 33.3. The van der Waals surface area contributed by atoms with E-state index < -0.39 is 16.0 Å². The molecule has 0 aliphatic carbocycles. The van der Waals surface area contributed by atoms with Gasteiger partial charge < -0.3 is 9.64 Å². The minimum Gasteiger partial charge on any atom is -0.462 e. The van der Waals surface area contributed by atoms with Crippen molar-refractivity contribution in [1.82, 2.24) is 0 Å². The van der Waals surface area contributed by atoms with Gasteiger partial charge in [0.05, 0.1) is 22.8 Å². The molecule has 0 unspecified atom stereocenters. The molecule has 0 fully saturated rings. The molecule has 29 heavy (non-hydrogen) atoms. The fourth-order valence-corrected chi connectivity index (χ4v) is 4.57. The average Bonchev–Trinajstić information content (AvgIpc) is 2.68. The Hall–Kier alpha value is -2.87. The summed E-state index contributed by atoms with van der Waals surface area (Å²) in [6.45, 7) is 5.86. The van der Waals surface area contributed by atoms with Gasteiger partial charge in [-0.2, -0.15) is 0 Å². The number of hydrogen-bond acceptors (Lipinski definition) is 5. The van der Waals surface area contributed by atoms with Crippen molar-refractivity contribution in [2.45, 2.75) is 38.5 Å². The van der Waals surface area contributed by atoms with Crippen molar-refractivity contribution < 1.29 is 22.7 Å². The van der Waals surface area contributed by atoms with E-state index in [1.54, 1.807) is 43.0 Å². The molecule has 1 amide bonds. The Balaban J connectivity index is 1.87. The molecule has 0 radical (unpaired) electrons. The van der Waals surface area contributed by atoms with Crippen LogP contribution < -0.4 is 9.62 Å². The van der Waals surface area contributed by atoms with Crippen LogP contribution in [0, 0.1) is 6.92 Å². The maximum Gasteiger partial charge on any atom is 0.338 e. The van der Waals surface area contributed by atoms with Gasteiger partial charge in [0.25, 0.3) is 10.0 Å². The first-order chi connectivity index (χ1) is 13.7. The summed E-state index contributed by atoms with van der Waals surface area (Å²) >= 11 is 0. The second-order valence-electron chi connectivity index (χ2n) is 6.92. The second-order valence-corrected chi connectivity index (χ2v) is 8.60. The van der Waals surface area contributed by atoms with Crippen LogP contribution in [0.4, 0.5) is 11.4 Å². The van der Waals surface area contributed by atoms with Crippen LogP contribution in [0.1, 0.15) is 41.8 Å². The minimum atomic E-state index is -3.82. The van der Waals surface area contributed by atoms with E-state index >= 15 is 0 Å². The first-order valence-corrected chi connectivity index (χ1v) is 10.9. The van der Waals surface area contributed by atoms with E-state index in [0.717, 1.165) is 24.1 Å². The molecule has 0 saturated carbocycles. The lowest BCUT2D eigenvalue weighted by molar-refractivity contribution is -0.116. The fraction of sp³-hybridized carbons (Fsp3) is 0.333. The van der Waals surface area contributed by atoms with Crippen LogP contribution in [0.25, 0.3) is 0 Å². The van der Waals surface area contributed by atoms with Crippen molar-refractivity contribution in [2.75, 3.05) is 22.8 Å². The molecule has 0 atom stereocenters. The Morgan fingerprint density at radius 1 is 1.17 bits per heavy atom. The molecule has 1 heterocycles. The van der Waals surface area contributed by atoms with Crippen molar-refractivity contribution in [3.8, 4) is 0 Å². The highest BCUT2D eigenvalue weighted by Crippen LogP contribution is 2.30. The van der Waals surface area contributed by atoms with Gasteiger partial charge in [-0.25, -0.2) is 13.2 Å². The summed E-state index contributed by atoms with van der Waals surface area (Å²) in [5.41, 5.74) is 2.97. The number of nitrogens with one attached hydrogen (secondary N) is 1. The summed E-state index contributed by atoms with van der Waals surface area (Å²) in [5.74, 6) is -0.508. The zero-order valence-electron chi connectivity index (χ0n) is 16.7. The van der Waals surface area contributed by atoms with Crippen molar-refractivity contribution in [2.24, 2.45) is 0 Å². The van der Waals surface area contributed by atoms with Gasteiger partial charge in [0.1, 0.15) is 0 Å². The topological polar surface area (TPSA) is 92.8 Å². The zero-order valence-corrected chi connectivity index (χ0v) is 17.5. The zero-order chi connectivity index (χ0) is 21.2. The SMILES string of the molecule is CCOC(=O)c1ccc(NS(=O)(=O)c2ccc3c(c2)CCCN3C(C)=O)c(C)c1. The molecule has 0 spiro atoms. The van der Waals surface area contributed by atoms with Crippen LogP contribution in [0.3, 0.4) is 0 Å². The van der Waals surface area contributed by atoms with Crippen molar-refractivity contribution in [3.05, 3.63) is 53.1 Å². The van der Waals surface area contributed by atoms with Gasteiger partial charge in [-0.15, -0.1) is 0 Å². The number of carbonyl (C=O) groups is 2. The molecule has 1 aliphatic rings. The molecule has 2 aromatic rings. The van der Waals surface area contributed by atoms with Crippen molar-refractivity contribution >= 4 is 33.3 Å². The van der Waals surface area contributed by atoms with Crippen LogP contribution in [0.15, 0.2) is 41.3 Å². The van der Waals surface area contributed by atoms with Gasteiger partial charge in [0.2, 0.25) is 5.91 Å². The third-order valence-electron chi connectivity index (χ3n) is 4.84. The fourth-order valence-electron chi connectivity index (χ4n) is 3.39. The first kappa shape index (κ1) is 20.9. The van der Waals surface area contributed by atoms with Crippen LogP contribution in [0.2, 0.25) is 0 Å². The molecule has 2 aromatic carbocycles. The highest BCUT2D eigenvalue weighted by atomic mass is 32.2. The quantitative estimate of drug-likeness (QED) is 0.755. The molecule has 1 aliphatic heterocycles. The number of carbonyl (C=O) groups excluding carboxylic acids is 2.